The van der Waals surface area contributed by atoms with Crippen molar-refractivity contribution in [1.82, 2.24) is 10.2 Å². The largest absolute Gasteiger partial charge is 0.463 e. The van der Waals surface area contributed by atoms with Crippen molar-refractivity contribution in [3.05, 3.63) is 47.4 Å². The van der Waals surface area contributed by atoms with Gasteiger partial charge in [-0.2, -0.15) is 0 Å². The molecule has 3 amide bonds. The summed E-state index contributed by atoms with van der Waals surface area (Å²) in [4.78, 5) is 49.8. The van der Waals surface area contributed by atoms with Crippen LogP contribution in [-0.4, -0.2) is 41.7 Å². The molecule has 4 rings (SSSR count). The lowest BCUT2D eigenvalue weighted by Gasteiger charge is -2.29. The maximum Gasteiger partial charge on any atom is 0.374 e. The van der Waals surface area contributed by atoms with Gasteiger partial charge in [-0.15, -0.1) is 0 Å². The number of methoxy groups -OCH3 is 1. The number of carbonyl (C=O) groups is 4. The molecule has 1 unspecified atom stereocenters. The van der Waals surface area contributed by atoms with Crippen molar-refractivity contribution < 1.29 is 28.3 Å². The van der Waals surface area contributed by atoms with Gasteiger partial charge in [-0.25, -0.2) is 4.79 Å². The molecule has 1 aromatic carbocycles. The van der Waals surface area contributed by atoms with Crippen molar-refractivity contribution in [3.63, 3.8) is 0 Å². The van der Waals surface area contributed by atoms with E-state index in [1.165, 1.54) is 18.3 Å². The topological polar surface area (TPSA) is 106 Å². The van der Waals surface area contributed by atoms with E-state index in [4.69, 9.17) is 9.15 Å². The first-order valence-electron chi connectivity index (χ1n) is 8.44. The molecule has 1 N–H and O–H groups in total. The minimum absolute atomic E-state index is 0.0535. The number of carbonyl (C=O) groups excluding carboxylic acids is 4. The van der Waals surface area contributed by atoms with Crippen LogP contribution in [0.5, 0.6) is 0 Å². The number of nitrogens with one attached hydrogen (secondary N) is 1. The fourth-order valence-corrected chi connectivity index (χ4v) is 3.61. The molecule has 1 fully saturated rings. The van der Waals surface area contributed by atoms with Gasteiger partial charge in [0.25, 0.3) is 5.91 Å². The molecule has 3 heterocycles. The van der Waals surface area contributed by atoms with Gasteiger partial charge in [-0.3, -0.25) is 19.7 Å². The Hall–Kier alpha value is -3.42. The van der Waals surface area contributed by atoms with Gasteiger partial charge in [0.15, 0.2) is 0 Å². The quantitative estimate of drug-likeness (QED) is 0.650. The summed E-state index contributed by atoms with van der Waals surface area (Å²) in [5.41, 5.74) is 2.37. The monoisotopic (exact) mass is 368 g/mol. The SMILES string of the molecule is COC(=O)c1occc1-c1cccc2c1CN(C1CCC(=O)NC1=O)C2=O. The summed E-state index contributed by atoms with van der Waals surface area (Å²) < 4.78 is 10.00. The molecule has 1 atom stereocenters. The van der Waals surface area contributed by atoms with E-state index in [-0.39, 0.29) is 30.5 Å². The normalized spacial score (nSPS) is 19.1. The van der Waals surface area contributed by atoms with Gasteiger partial charge >= 0.3 is 5.97 Å². The molecule has 1 saturated heterocycles. The van der Waals surface area contributed by atoms with E-state index >= 15 is 0 Å². The second-order valence-corrected chi connectivity index (χ2v) is 6.39. The number of furan rings is 1. The zero-order valence-electron chi connectivity index (χ0n) is 14.5. The number of hydrogen-bond donors (Lipinski definition) is 1. The third-order valence-corrected chi connectivity index (χ3v) is 4.91. The average molecular weight is 368 g/mol. The zero-order valence-corrected chi connectivity index (χ0v) is 14.5. The predicted molar refractivity (Wildman–Crippen MR) is 91.5 cm³/mol. The zero-order chi connectivity index (χ0) is 19.1. The number of esters is 1. The first-order valence-corrected chi connectivity index (χ1v) is 8.44. The van der Waals surface area contributed by atoms with Crippen molar-refractivity contribution in [2.75, 3.05) is 7.11 Å². The molecule has 138 valence electrons. The molecule has 0 radical (unpaired) electrons. The van der Waals surface area contributed by atoms with Crippen LogP contribution >= 0.6 is 0 Å². The fraction of sp³-hybridized carbons (Fsp3) is 0.263. The van der Waals surface area contributed by atoms with E-state index < -0.39 is 17.9 Å². The molecule has 0 spiro atoms. The lowest BCUT2D eigenvalue weighted by Crippen LogP contribution is -2.52. The van der Waals surface area contributed by atoms with E-state index in [9.17, 15) is 19.2 Å². The van der Waals surface area contributed by atoms with E-state index in [0.29, 0.717) is 28.7 Å². The summed E-state index contributed by atoms with van der Waals surface area (Å²) in [6, 6.07) is 6.14. The van der Waals surface area contributed by atoms with E-state index in [0.717, 1.165) is 0 Å². The van der Waals surface area contributed by atoms with E-state index in [1.807, 2.05) is 0 Å². The summed E-state index contributed by atoms with van der Waals surface area (Å²) in [6.45, 7) is 0.211. The Bertz CT molecular complexity index is 976. The molecule has 0 bridgehead atoms. The molecule has 2 aliphatic rings. The van der Waals surface area contributed by atoms with Gasteiger partial charge in [-0.1, -0.05) is 12.1 Å². The van der Waals surface area contributed by atoms with Crippen molar-refractivity contribution in [2.45, 2.75) is 25.4 Å². The van der Waals surface area contributed by atoms with Crippen LogP contribution in [0.25, 0.3) is 11.1 Å². The summed E-state index contributed by atoms with van der Waals surface area (Å²) in [5, 5.41) is 2.28. The van der Waals surface area contributed by atoms with Crippen LogP contribution in [0.15, 0.2) is 34.9 Å². The Morgan fingerprint density at radius 1 is 1.19 bits per heavy atom. The van der Waals surface area contributed by atoms with Crippen LogP contribution in [0.4, 0.5) is 0 Å². The number of ether oxygens (including phenoxy) is 1. The number of nitrogens with zero attached hydrogens (tertiary/aromatic N) is 1. The Balaban J connectivity index is 1.72. The minimum Gasteiger partial charge on any atom is -0.463 e. The van der Waals surface area contributed by atoms with Crippen LogP contribution in [0, 0.1) is 0 Å². The van der Waals surface area contributed by atoms with E-state index in [2.05, 4.69) is 5.32 Å². The number of piperidine rings is 1. The number of rotatable bonds is 3. The first-order chi connectivity index (χ1) is 13.0. The van der Waals surface area contributed by atoms with Gasteiger partial charge < -0.3 is 14.1 Å². The molecular weight excluding hydrogens is 352 g/mol. The molecule has 8 heteroatoms. The summed E-state index contributed by atoms with van der Waals surface area (Å²) >= 11 is 0. The summed E-state index contributed by atoms with van der Waals surface area (Å²) in [5.74, 6) is -1.63. The van der Waals surface area contributed by atoms with Gasteiger partial charge in [0.2, 0.25) is 17.6 Å². The Labute approximate surface area is 154 Å². The van der Waals surface area contributed by atoms with Crippen molar-refractivity contribution in [2.24, 2.45) is 0 Å². The first kappa shape index (κ1) is 17.0. The number of imide groups is 1. The molecule has 0 aliphatic carbocycles. The molecule has 0 saturated carbocycles. The van der Waals surface area contributed by atoms with Gasteiger partial charge in [0.05, 0.1) is 13.4 Å². The van der Waals surface area contributed by atoms with Gasteiger partial charge in [-0.05, 0) is 29.7 Å². The maximum atomic E-state index is 12.9. The Morgan fingerprint density at radius 2 is 1.96 bits per heavy atom. The van der Waals surface area contributed by atoms with Crippen molar-refractivity contribution in [1.29, 1.82) is 0 Å². The van der Waals surface area contributed by atoms with Crippen LogP contribution in [0.2, 0.25) is 0 Å². The van der Waals surface area contributed by atoms with Gasteiger partial charge in [0, 0.05) is 24.1 Å². The Morgan fingerprint density at radius 3 is 2.70 bits per heavy atom. The molecular formula is C19H16N2O6. The number of benzene rings is 1. The van der Waals surface area contributed by atoms with Gasteiger partial charge in [0.1, 0.15) is 6.04 Å². The molecule has 27 heavy (non-hydrogen) atoms. The smallest absolute Gasteiger partial charge is 0.374 e. The summed E-state index contributed by atoms with van der Waals surface area (Å²) in [6.07, 6.45) is 1.87. The number of fused-ring (bicyclic) bond motifs is 1. The third-order valence-electron chi connectivity index (χ3n) is 4.91. The fourth-order valence-electron chi connectivity index (χ4n) is 3.61. The van der Waals surface area contributed by atoms with Crippen molar-refractivity contribution in [3.8, 4) is 11.1 Å². The molecule has 8 nitrogen and oxygen atoms in total. The highest BCUT2D eigenvalue weighted by molar-refractivity contribution is 6.06. The molecule has 2 aromatic rings. The highest BCUT2D eigenvalue weighted by Crippen LogP contribution is 2.36. The third kappa shape index (κ3) is 2.69. The number of amides is 3. The lowest BCUT2D eigenvalue weighted by atomic mass is 9.97. The van der Waals surface area contributed by atoms with Crippen LogP contribution in [0.3, 0.4) is 0 Å². The predicted octanol–water partition coefficient (Wildman–Crippen LogP) is 1.49. The van der Waals surface area contributed by atoms with Crippen LogP contribution in [-0.2, 0) is 20.9 Å². The molecule has 1 aromatic heterocycles. The highest BCUT2D eigenvalue weighted by Gasteiger charge is 2.40. The Kier molecular flexibility index (Phi) is 4.02. The van der Waals surface area contributed by atoms with Crippen molar-refractivity contribution >= 4 is 23.7 Å². The number of hydrogen-bond acceptors (Lipinski definition) is 6. The van der Waals surface area contributed by atoms with Crippen LogP contribution in [0.1, 0.15) is 39.3 Å². The van der Waals surface area contributed by atoms with E-state index in [1.54, 1.807) is 24.3 Å². The highest BCUT2D eigenvalue weighted by atomic mass is 16.5. The minimum atomic E-state index is -0.695. The average Bonchev–Trinajstić information content (AvgIpc) is 3.26. The lowest BCUT2D eigenvalue weighted by molar-refractivity contribution is -0.136. The standard InChI is InChI=1S/C19H16N2O6/c1-26-19(25)16-11(7-8-27-16)10-3-2-4-12-13(10)9-21(18(12)24)14-5-6-15(22)20-17(14)23/h2-4,7-8,14H,5-6,9H2,1H3,(H,20,22,23). The van der Waals surface area contributed by atoms with Crippen LogP contribution < -0.4 is 5.32 Å². The second kappa shape index (κ2) is 6.39. The molecule has 2 aliphatic heterocycles. The second-order valence-electron chi connectivity index (χ2n) is 6.39. The summed E-state index contributed by atoms with van der Waals surface area (Å²) in [7, 11) is 1.26. The maximum absolute atomic E-state index is 12.9.